The Bertz CT molecular complexity index is 689. The molecule has 21 heavy (non-hydrogen) atoms. The van der Waals surface area contributed by atoms with E-state index in [2.05, 4.69) is 5.32 Å². The first-order chi connectivity index (χ1) is 9.88. The van der Waals surface area contributed by atoms with Crippen molar-refractivity contribution < 1.29 is 15.0 Å². The Hall–Kier alpha value is -2.40. The molecule has 0 aliphatic carbocycles. The zero-order valence-corrected chi connectivity index (χ0v) is 12.1. The largest absolute Gasteiger partial charge is 0.508 e. The lowest BCUT2D eigenvalue weighted by Crippen LogP contribution is -2.13. The third kappa shape index (κ3) is 3.38. The average Bonchev–Trinajstić information content (AvgIpc) is 2.43. The molecule has 0 heterocycles. The minimum Gasteiger partial charge on any atom is -0.508 e. The van der Waals surface area contributed by atoms with Crippen LogP contribution in [-0.4, -0.2) is 16.1 Å². The summed E-state index contributed by atoms with van der Waals surface area (Å²) in [5.74, 6) is -0.487. The molecule has 0 spiro atoms. The minimum atomic E-state index is -0.614. The molecule has 0 aliphatic rings. The number of phenols is 2. The Morgan fingerprint density at radius 2 is 1.95 bits per heavy atom. The highest BCUT2D eigenvalue weighted by atomic mass is 35.5. The van der Waals surface area contributed by atoms with E-state index in [0.717, 1.165) is 0 Å². The monoisotopic (exact) mass is 306 g/mol. The third-order valence-corrected chi connectivity index (χ3v) is 3.42. The molecule has 5 N–H and O–H groups in total. The smallest absolute Gasteiger partial charge is 0.250 e. The number of anilines is 1. The summed E-state index contributed by atoms with van der Waals surface area (Å²) in [6.07, 6.45) is 0. The van der Waals surface area contributed by atoms with Crippen molar-refractivity contribution in [2.45, 2.75) is 13.0 Å². The Balaban J connectivity index is 2.27. The molecule has 0 saturated carbocycles. The van der Waals surface area contributed by atoms with Crippen LogP contribution in [0, 0.1) is 0 Å². The van der Waals surface area contributed by atoms with Gasteiger partial charge in [-0.15, -0.1) is 0 Å². The van der Waals surface area contributed by atoms with Gasteiger partial charge in [-0.3, -0.25) is 4.79 Å². The molecule has 1 amide bonds. The van der Waals surface area contributed by atoms with Crippen LogP contribution in [0.4, 0.5) is 5.69 Å². The molecule has 0 aromatic heterocycles. The van der Waals surface area contributed by atoms with Crippen LogP contribution in [0.1, 0.15) is 28.9 Å². The highest BCUT2D eigenvalue weighted by Crippen LogP contribution is 2.30. The lowest BCUT2D eigenvalue weighted by molar-refractivity contribution is 0.100. The summed E-state index contributed by atoms with van der Waals surface area (Å²) >= 11 is 5.89. The fourth-order valence-corrected chi connectivity index (χ4v) is 2.23. The molecule has 6 heteroatoms. The Labute approximate surface area is 127 Å². The third-order valence-electron chi connectivity index (χ3n) is 3.09. The first-order valence-corrected chi connectivity index (χ1v) is 6.64. The second kappa shape index (κ2) is 5.93. The number of hydrogen-bond acceptors (Lipinski definition) is 4. The first kappa shape index (κ1) is 15.0. The van der Waals surface area contributed by atoms with Crippen molar-refractivity contribution in [2.75, 3.05) is 5.32 Å². The van der Waals surface area contributed by atoms with E-state index in [1.807, 2.05) is 6.92 Å². The summed E-state index contributed by atoms with van der Waals surface area (Å²) in [5, 5.41) is 22.7. The van der Waals surface area contributed by atoms with Gasteiger partial charge in [-0.25, -0.2) is 0 Å². The molecule has 0 fully saturated rings. The molecular weight excluding hydrogens is 292 g/mol. The van der Waals surface area contributed by atoms with Crippen LogP contribution in [0.25, 0.3) is 0 Å². The second-order valence-electron chi connectivity index (χ2n) is 4.67. The number of rotatable bonds is 4. The van der Waals surface area contributed by atoms with E-state index in [1.54, 1.807) is 18.2 Å². The Morgan fingerprint density at radius 1 is 1.24 bits per heavy atom. The van der Waals surface area contributed by atoms with E-state index in [1.165, 1.54) is 18.2 Å². The van der Waals surface area contributed by atoms with Crippen LogP contribution in [-0.2, 0) is 0 Å². The van der Waals surface area contributed by atoms with Crippen molar-refractivity contribution in [3.63, 3.8) is 0 Å². The number of carbonyl (C=O) groups is 1. The Kier molecular flexibility index (Phi) is 4.23. The van der Waals surface area contributed by atoms with Crippen LogP contribution in [0.3, 0.4) is 0 Å². The van der Waals surface area contributed by atoms with Gasteiger partial charge in [0.25, 0.3) is 0 Å². The summed E-state index contributed by atoms with van der Waals surface area (Å²) in [6, 6.07) is 8.81. The highest BCUT2D eigenvalue weighted by molar-refractivity contribution is 6.33. The summed E-state index contributed by atoms with van der Waals surface area (Å²) in [7, 11) is 0. The zero-order chi connectivity index (χ0) is 15.6. The number of nitrogens with two attached hydrogens (primary N) is 1. The number of carbonyl (C=O) groups excluding carboxylic acids is 1. The van der Waals surface area contributed by atoms with Crippen molar-refractivity contribution in [1.29, 1.82) is 0 Å². The predicted molar refractivity (Wildman–Crippen MR) is 81.8 cm³/mol. The lowest BCUT2D eigenvalue weighted by atomic mass is 10.1. The van der Waals surface area contributed by atoms with E-state index in [-0.39, 0.29) is 28.1 Å². The summed E-state index contributed by atoms with van der Waals surface area (Å²) in [6.45, 7) is 1.81. The van der Waals surface area contributed by atoms with Crippen molar-refractivity contribution in [2.24, 2.45) is 5.73 Å². The van der Waals surface area contributed by atoms with Crippen LogP contribution in [0.15, 0.2) is 36.4 Å². The van der Waals surface area contributed by atoms with E-state index in [4.69, 9.17) is 17.3 Å². The van der Waals surface area contributed by atoms with Gasteiger partial charge in [-0.05, 0) is 43.3 Å². The number of amides is 1. The van der Waals surface area contributed by atoms with Gasteiger partial charge < -0.3 is 21.3 Å². The maximum atomic E-state index is 11.3. The van der Waals surface area contributed by atoms with E-state index >= 15 is 0 Å². The molecular formula is C15H15ClN2O3. The molecule has 1 unspecified atom stereocenters. The van der Waals surface area contributed by atoms with Crippen molar-refractivity contribution in [3.8, 4) is 11.5 Å². The molecule has 2 aromatic rings. The van der Waals surface area contributed by atoms with Crippen molar-refractivity contribution in [3.05, 3.63) is 52.5 Å². The van der Waals surface area contributed by atoms with E-state index in [9.17, 15) is 15.0 Å². The van der Waals surface area contributed by atoms with Crippen LogP contribution >= 0.6 is 11.6 Å². The first-order valence-electron chi connectivity index (χ1n) is 6.26. The fraction of sp³-hybridized carbons (Fsp3) is 0.133. The number of aromatic hydroxyl groups is 2. The van der Waals surface area contributed by atoms with Gasteiger partial charge in [0.1, 0.15) is 11.5 Å². The number of phenolic OH excluding ortho intramolecular Hbond substituents is 2. The van der Waals surface area contributed by atoms with Crippen molar-refractivity contribution in [1.82, 2.24) is 0 Å². The molecule has 1 atom stereocenters. The lowest BCUT2D eigenvalue weighted by Gasteiger charge is -2.17. The van der Waals surface area contributed by atoms with Gasteiger partial charge in [0, 0.05) is 11.3 Å². The number of halogens is 1. The molecule has 110 valence electrons. The highest BCUT2D eigenvalue weighted by Gasteiger charge is 2.13. The standard InChI is InChI=1S/C15H15ClN2O3/c1-8(11-7-10(19)3-5-14(11)20)18-9-2-4-13(16)12(6-9)15(17)21/h2-8,18-20H,1H3,(H2,17,21). The molecule has 0 saturated heterocycles. The van der Waals surface area contributed by atoms with Gasteiger partial charge >= 0.3 is 0 Å². The number of nitrogens with one attached hydrogen (secondary N) is 1. The van der Waals surface area contributed by atoms with Gasteiger partial charge in [-0.1, -0.05) is 11.6 Å². The SMILES string of the molecule is CC(Nc1ccc(Cl)c(C(N)=O)c1)c1cc(O)ccc1O. The minimum absolute atomic E-state index is 0.0605. The predicted octanol–water partition coefficient (Wildman–Crippen LogP) is 3.02. The molecule has 5 nitrogen and oxygen atoms in total. The average molecular weight is 307 g/mol. The number of primary amides is 1. The van der Waals surface area contributed by atoms with E-state index < -0.39 is 5.91 Å². The number of benzene rings is 2. The summed E-state index contributed by atoms with van der Waals surface area (Å²) in [5.41, 5.74) is 6.62. The van der Waals surface area contributed by atoms with E-state index in [0.29, 0.717) is 11.3 Å². The van der Waals surface area contributed by atoms with Crippen molar-refractivity contribution >= 4 is 23.2 Å². The summed E-state index contributed by atoms with van der Waals surface area (Å²) < 4.78 is 0. The fourth-order valence-electron chi connectivity index (χ4n) is 2.02. The van der Waals surface area contributed by atoms with Crippen LogP contribution < -0.4 is 11.1 Å². The van der Waals surface area contributed by atoms with Gasteiger partial charge in [0.2, 0.25) is 5.91 Å². The summed E-state index contributed by atoms with van der Waals surface area (Å²) in [4.78, 5) is 11.3. The number of hydrogen-bond donors (Lipinski definition) is 4. The van der Waals surface area contributed by atoms with Gasteiger partial charge in [0.15, 0.2) is 0 Å². The molecule has 0 radical (unpaired) electrons. The second-order valence-corrected chi connectivity index (χ2v) is 5.08. The van der Waals surface area contributed by atoms with Gasteiger partial charge in [-0.2, -0.15) is 0 Å². The molecule has 2 rings (SSSR count). The maximum absolute atomic E-state index is 11.3. The van der Waals surface area contributed by atoms with Crippen LogP contribution in [0.2, 0.25) is 5.02 Å². The van der Waals surface area contributed by atoms with Gasteiger partial charge in [0.05, 0.1) is 16.6 Å². The molecule has 0 aliphatic heterocycles. The maximum Gasteiger partial charge on any atom is 0.250 e. The quantitative estimate of drug-likeness (QED) is 0.653. The molecule has 2 aromatic carbocycles. The zero-order valence-electron chi connectivity index (χ0n) is 11.3. The molecule has 0 bridgehead atoms. The Morgan fingerprint density at radius 3 is 2.62 bits per heavy atom. The van der Waals surface area contributed by atoms with Crippen LogP contribution in [0.5, 0.6) is 11.5 Å². The normalized spacial score (nSPS) is 11.9. The topological polar surface area (TPSA) is 95.6 Å².